The summed E-state index contributed by atoms with van der Waals surface area (Å²) in [6, 6.07) is 3.87. The van der Waals surface area contributed by atoms with Crippen LogP contribution in [0.2, 0.25) is 5.02 Å². The van der Waals surface area contributed by atoms with Gasteiger partial charge in [0.15, 0.2) is 0 Å². The Morgan fingerprint density at radius 1 is 1.44 bits per heavy atom. The summed E-state index contributed by atoms with van der Waals surface area (Å²) in [6.45, 7) is 3.12. The molecule has 1 rings (SSSR count). The largest absolute Gasteiger partial charge is 0.481 e. The van der Waals surface area contributed by atoms with E-state index in [0.29, 0.717) is 0 Å². The molecule has 18 heavy (non-hydrogen) atoms. The lowest BCUT2D eigenvalue weighted by Crippen LogP contribution is -2.45. The van der Waals surface area contributed by atoms with Crippen LogP contribution in [0.1, 0.15) is 30.6 Å². The highest BCUT2D eigenvalue weighted by Crippen LogP contribution is 2.20. The molecule has 0 fully saturated rings. The predicted molar refractivity (Wildman–Crippen MR) is 65.2 cm³/mol. The maximum Gasteiger partial charge on any atom is 0.305 e. The van der Waals surface area contributed by atoms with E-state index >= 15 is 0 Å². The Balaban J connectivity index is 2.89. The van der Waals surface area contributed by atoms with Gasteiger partial charge in [-0.2, -0.15) is 0 Å². The standard InChI is InChI=1S/C12H13ClFNO3/c1-12(2,6-9(16)17)15-11(18)7-4-3-5-8(14)10(7)13/h3-5H,6H2,1-2H3,(H,15,18)(H,16,17). The average Bonchev–Trinajstić information content (AvgIpc) is 2.18. The van der Waals surface area contributed by atoms with E-state index < -0.39 is 23.2 Å². The Bertz CT molecular complexity index is 488. The maximum atomic E-state index is 13.2. The van der Waals surface area contributed by atoms with Crippen LogP contribution in [0.4, 0.5) is 4.39 Å². The van der Waals surface area contributed by atoms with Gasteiger partial charge < -0.3 is 10.4 Å². The summed E-state index contributed by atoms with van der Waals surface area (Å²) < 4.78 is 13.2. The minimum Gasteiger partial charge on any atom is -0.481 e. The highest BCUT2D eigenvalue weighted by atomic mass is 35.5. The molecule has 0 aliphatic heterocycles. The zero-order valence-electron chi connectivity index (χ0n) is 9.96. The molecule has 0 heterocycles. The summed E-state index contributed by atoms with van der Waals surface area (Å²) in [5, 5.41) is 10.9. The van der Waals surface area contributed by atoms with E-state index in [9.17, 15) is 14.0 Å². The van der Waals surface area contributed by atoms with Crippen molar-refractivity contribution in [3.05, 3.63) is 34.6 Å². The molecule has 0 bridgehead atoms. The molecule has 98 valence electrons. The first-order valence-electron chi connectivity index (χ1n) is 5.21. The first-order valence-corrected chi connectivity index (χ1v) is 5.59. The van der Waals surface area contributed by atoms with Crippen molar-refractivity contribution in [3.8, 4) is 0 Å². The topological polar surface area (TPSA) is 66.4 Å². The zero-order chi connectivity index (χ0) is 13.9. The van der Waals surface area contributed by atoms with Gasteiger partial charge in [0.25, 0.3) is 5.91 Å². The molecule has 6 heteroatoms. The lowest BCUT2D eigenvalue weighted by Gasteiger charge is -2.24. The number of nitrogens with one attached hydrogen (secondary N) is 1. The van der Waals surface area contributed by atoms with Gasteiger partial charge >= 0.3 is 5.97 Å². The number of aliphatic carboxylic acids is 1. The monoisotopic (exact) mass is 273 g/mol. The van der Waals surface area contributed by atoms with Crippen molar-refractivity contribution in [2.75, 3.05) is 0 Å². The average molecular weight is 274 g/mol. The molecule has 0 saturated carbocycles. The van der Waals surface area contributed by atoms with E-state index in [1.807, 2.05) is 0 Å². The minimum absolute atomic E-state index is 0.0184. The van der Waals surface area contributed by atoms with Gasteiger partial charge in [-0.3, -0.25) is 9.59 Å². The van der Waals surface area contributed by atoms with Crippen molar-refractivity contribution in [2.45, 2.75) is 25.8 Å². The van der Waals surface area contributed by atoms with Gasteiger partial charge in [0.05, 0.1) is 17.0 Å². The van der Waals surface area contributed by atoms with Gasteiger partial charge in [-0.05, 0) is 26.0 Å². The summed E-state index contributed by atoms with van der Waals surface area (Å²) in [4.78, 5) is 22.5. The molecule has 0 unspecified atom stereocenters. The molecule has 0 spiro atoms. The molecule has 0 aliphatic carbocycles. The second kappa shape index (κ2) is 5.35. The molecule has 0 saturated heterocycles. The van der Waals surface area contributed by atoms with E-state index in [1.165, 1.54) is 12.1 Å². The number of amides is 1. The van der Waals surface area contributed by atoms with Crippen molar-refractivity contribution in [3.63, 3.8) is 0 Å². The van der Waals surface area contributed by atoms with Crippen molar-refractivity contribution < 1.29 is 19.1 Å². The highest BCUT2D eigenvalue weighted by molar-refractivity contribution is 6.34. The number of hydrogen-bond acceptors (Lipinski definition) is 2. The first-order chi connectivity index (χ1) is 8.23. The van der Waals surface area contributed by atoms with E-state index in [-0.39, 0.29) is 17.0 Å². The summed E-state index contributed by atoms with van der Waals surface area (Å²) >= 11 is 5.67. The summed E-state index contributed by atoms with van der Waals surface area (Å²) in [6.07, 6.45) is -0.244. The molecular weight excluding hydrogens is 261 g/mol. The van der Waals surface area contributed by atoms with Crippen LogP contribution in [-0.4, -0.2) is 22.5 Å². The first kappa shape index (κ1) is 14.4. The Labute approximate surface area is 109 Å². The summed E-state index contributed by atoms with van der Waals surface area (Å²) in [5.74, 6) is -2.34. The minimum atomic E-state index is -1.04. The summed E-state index contributed by atoms with van der Waals surface area (Å²) in [7, 11) is 0. The number of benzene rings is 1. The zero-order valence-corrected chi connectivity index (χ0v) is 10.7. The van der Waals surface area contributed by atoms with Gasteiger partial charge in [0, 0.05) is 5.54 Å². The third-order valence-electron chi connectivity index (χ3n) is 2.24. The summed E-state index contributed by atoms with van der Waals surface area (Å²) in [5.41, 5.74) is -0.964. The lowest BCUT2D eigenvalue weighted by atomic mass is 10.00. The quantitative estimate of drug-likeness (QED) is 0.886. The van der Waals surface area contributed by atoms with Crippen LogP contribution in [0, 0.1) is 5.82 Å². The van der Waals surface area contributed by atoms with Crippen LogP contribution in [0.25, 0.3) is 0 Å². The van der Waals surface area contributed by atoms with Gasteiger partial charge in [0.2, 0.25) is 0 Å². The number of halogens is 2. The molecule has 1 aromatic carbocycles. The van der Waals surface area contributed by atoms with Crippen LogP contribution in [0.5, 0.6) is 0 Å². The fraction of sp³-hybridized carbons (Fsp3) is 0.333. The van der Waals surface area contributed by atoms with Gasteiger partial charge in [0.1, 0.15) is 5.82 Å². The fourth-order valence-electron chi connectivity index (χ4n) is 1.48. The predicted octanol–water partition coefficient (Wildman–Crippen LogP) is 2.46. The Morgan fingerprint density at radius 3 is 2.61 bits per heavy atom. The smallest absolute Gasteiger partial charge is 0.305 e. The van der Waals surface area contributed by atoms with Gasteiger partial charge in [-0.25, -0.2) is 4.39 Å². The maximum absolute atomic E-state index is 13.2. The molecule has 0 radical (unpaired) electrons. The van der Waals surface area contributed by atoms with Gasteiger partial charge in [-0.1, -0.05) is 17.7 Å². The molecule has 2 N–H and O–H groups in total. The van der Waals surface area contributed by atoms with Crippen molar-refractivity contribution in [2.24, 2.45) is 0 Å². The molecule has 0 atom stereocenters. The molecule has 0 aliphatic rings. The number of hydrogen-bond donors (Lipinski definition) is 2. The van der Waals surface area contributed by atoms with Crippen molar-refractivity contribution in [1.29, 1.82) is 0 Å². The highest BCUT2D eigenvalue weighted by Gasteiger charge is 2.25. The third-order valence-corrected chi connectivity index (χ3v) is 2.63. The Kier molecular flexibility index (Phi) is 4.29. The lowest BCUT2D eigenvalue weighted by molar-refractivity contribution is -0.138. The van der Waals surface area contributed by atoms with Crippen molar-refractivity contribution in [1.82, 2.24) is 5.32 Å². The second-order valence-corrected chi connectivity index (χ2v) is 4.89. The molecule has 1 amide bonds. The van der Waals surface area contributed by atoms with E-state index in [4.69, 9.17) is 16.7 Å². The Hall–Kier alpha value is -1.62. The third kappa shape index (κ3) is 3.70. The van der Waals surface area contributed by atoms with Crippen LogP contribution >= 0.6 is 11.6 Å². The number of carbonyl (C=O) groups is 2. The van der Waals surface area contributed by atoms with Crippen LogP contribution in [0.3, 0.4) is 0 Å². The number of carboxylic acids is 1. The molecule has 0 aromatic heterocycles. The van der Waals surface area contributed by atoms with Crippen LogP contribution in [0.15, 0.2) is 18.2 Å². The number of rotatable bonds is 4. The molecular formula is C12H13ClFNO3. The Morgan fingerprint density at radius 2 is 2.06 bits per heavy atom. The number of carbonyl (C=O) groups excluding carboxylic acids is 1. The van der Waals surface area contributed by atoms with Crippen molar-refractivity contribution >= 4 is 23.5 Å². The number of carboxylic acid groups (broad SMARTS) is 1. The molecule has 1 aromatic rings. The SMILES string of the molecule is CC(C)(CC(=O)O)NC(=O)c1cccc(F)c1Cl. The van der Waals surface area contributed by atoms with E-state index in [2.05, 4.69) is 5.32 Å². The second-order valence-electron chi connectivity index (χ2n) is 4.51. The fourth-order valence-corrected chi connectivity index (χ4v) is 1.69. The van der Waals surface area contributed by atoms with E-state index in [0.717, 1.165) is 6.07 Å². The van der Waals surface area contributed by atoms with Crippen LogP contribution in [-0.2, 0) is 4.79 Å². The van der Waals surface area contributed by atoms with Crippen LogP contribution < -0.4 is 5.32 Å². The molecule has 4 nitrogen and oxygen atoms in total. The van der Waals surface area contributed by atoms with E-state index in [1.54, 1.807) is 13.8 Å². The van der Waals surface area contributed by atoms with Gasteiger partial charge in [-0.15, -0.1) is 0 Å². The normalized spacial score (nSPS) is 11.1.